The van der Waals surface area contributed by atoms with Crippen LogP contribution in [0.3, 0.4) is 0 Å². The van der Waals surface area contributed by atoms with Crippen molar-refractivity contribution in [2.24, 2.45) is 11.8 Å². The molecule has 4 rings (SSSR count). The number of aliphatic hydroxyl groups is 1. The third kappa shape index (κ3) is 3.03. The molecule has 2 fully saturated rings. The van der Waals surface area contributed by atoms with Gasteiger partial charge in [-0.25, -0.2) is 8.42 Å². The number of benzene rings is 1. The van der Waals surface area contributed by atoms with Gasteiger partial charge in [0.05, 0.1) is 11.2 Å². The minimum atomic E-state index is -3.68. The van der Waals surface area contributed by atoms with E-state index in [-0.39, 0.29) is 29.1 Å². The van der Waals surface area contributed by atoms with E-state index in [4.69, 9.17) is 4.42 Å². The van der Waals surface area contributed by atoms with E-state index in [1.807, 2.05) is 0 Å². The maximum Gasteiger partial charge on any atom is 0.243 e. The smallest absolute Gasteiger partial charge is 0.243 e. The van der Waals surface area contributed by atoms with Gasteiger partial charge in [0.25, 0.3) is 0 Å². The van der Waals surface area contributed by atoms with Gasteiger partial charge in [-0.1, -0.05) is 12.1 Å². The zero-order valence-electron chi connectivity index (χ0n) is 15.2. The molecule has 2 aromatic rings. The Hall–Kier alpha value is -1.96. The fraction of sp³-hybridized carbons (Fsp3) is 0.450. The number of sulfonamides is 1. The molecule has 1 aliphatic carbocycles. The van der Waals surface area contributed by atoms with E-state index < -0.39 is 15.6 Å². The molecule has 1 saturated heterocycles. The molecule has 0 bridgehead atoms. The van der Waals surface area contributed by atoms with Crippen molar-refractivity contribution in [1.29, 1.82) is 0 Å². The van der Waals surface area contributed by atoms with Gasteiger partial charge in [-0.15, -0.1) is 0 Å². The van der Waals surface area contributed by atoms with Crippen LogP contribution < -0.4 is 0 Å². The second kappa shape index (κ2) is 6.58. The Kier molecular flexibility index (Phi) is 4.49. The Bertz CT molecular complexity index is 935. The van der Waals surface area contributed by atoms with E-state index in [2.05, 4.69) is 0 Å². The van der Waals surface area contributed by atoms with Crippen molar-refractivity contribution in [3.63, 3.8) is 0 Å². The molecule has 2 aliphatic rings. The number of nitrogens with zero attached hydrogens (tertiary/aromatic N) is 1. The van der Waals surface area contributed by atoms with Crippen molar-refractivity contribution >= 4 is 15.8 Å². The van der Waals surface area contributed by atoms with Crippen molar-refractivity contribution < 1.29 is 22.7 Å². The second-order valence-electron chi connectivity index (χ2n) is 7.56. The van der Waals surface area contributed by atoms with Gasteiger partial charge < -0.3 is 9.52 Å². The van der Waals surface area contributed by atoms with Gasteiger partial charge in [0.1, 0.15) is 11.4 Å². The van der Waals surface area contributed by atoms with Gasteiger partial charge in [-0.3, -0.25) is 4.79 Å². The number of hydrogen-bond donors (Lipinski definition) is 1. The van der Waals surface area contributed by atoms with Crippen LogP contribution in [0, 0.1) is 11.8 Å². The van der Waals surface area contributed by atoms with Gasteiger partial charge in [0.2, 0.25) is 10.0 Å². The molecule has 1 N–H and O–H groups in total. The summed E-state index contributed by atoms with van der Waals surface area (Å²) >= 11 is 0. The predicted octanol–water partition coefficient (Wildman–Crippen LogP) is 2.79. The highest BCUT2D eigenvalue weighted by atomic mass is 32.2. The average Bonchev–Trinajstić information content (AvgIpc) is 3.33. The zero-order valence-corrected chi connectivity index (χ0v) is 16.0. The van der Waals surface area contributed by atoms with E-state index in [9.17, 15) is 18.3 Å². The minimum absolute atomic E-state index is 0.0973. The number of ketones is 1. The summed E-state index contributed by atoms with van der Waals surface area (Å²) in [5, 5.41) is 11.3. The molecule has 0 spiro atoms. The van der Waals surface area contributed by atoms with Crippen LogP contribution in [-0.2, 0) is 15.6 Å². The number of furan rings is 1. The fourth-order valence-corrected chi connectivity index (χ4v) is 6.04. The highest BCUT2D eigenvalue weighted by molar-refractivity contribution is 7.89. The normalized spacial score (nSPS) is 28.8. The van der Waals surface area contributed by atoms with Crippen LogP contribution in [0.25, 0.3) is 0 Å². The third-order valence-electron chi connectivity index (χ3n) is 6.00. The van der Waals surface area contributed by atoms with Crippen LogP contribution in [-0.4, -0.2) is 36.7 Å². The van der Waals surface area contributed by atoms with Crippen LogP contribution in [0.5, 0.6) is 0 Å². The molecular formula is C20H23NO5S. The van der Waals surface area contributed by atoms with E-state index in [0.717, 1.165) is 12.8 Å². The molecule has 7 heteroatoms. The standard InChI is InChI=1S/C20H23NO5S/c1-14(22)15-6-8-17(9-7-15)27(24,25)21-12-16-4-2-10-20(23,18(16)13-21)19-5-3-11-26-19/h3,5-9,11,16,18,23H,2,4,10,12-13H2,1H3/t16-,18+,20+/m0/s1. The van der Waals surface area contributed by atoms with Gasteiger partial charge in [-0.05, 0) is 56.4 Å². The molecule has 144 valence electrons. The highest BCUT2D eigenvalue weighted by Crippen LogP contribution is 2.49. The first-order valence-corrected chi connectivity index (χ1v) is 10.6. The number of Topliss-reactive ketones (excluding diaryl/α,β-unsaturated/α-hetero) is 1. The minimum Gasteiger partial charge on any atom is -0.466 e. The number of carbonyl (C=O) groups excluding carboxylic acids is 1. The van der Waals surface area contributed by atoms with Gasteiger partial charge in [0.15, 0.2) is 5.78 Å². The van der Waals surface area contributed by atoms with Crippen LogP contribution in [0.15, 0.2) is 52.0 Å². The van der Waals surface area contributed by atoms with E-state index in [1.54, 1.807) is 12.1 Å². The predicted molar refractivity (Wildman–Crippen MR) is 98.6 cm³/mol. The van der Waals surface area contributed by atoms with Crippen LogP contribution in [0.4, 0.5) is 0 Å². The van der Waals surface area contributed by atoms with E-state index in [1.165, 1.54) is 41.8 Å². The quantitative estimate of drug-likeness (QED) is 0.813. The molecule has 6 nitrogen and oxygen atoms in total. The summed E-state index contributed by atoms with van der Waals surface area (Å²) in [6, 6.07) is 9.55. The van der Waals surface area contributed by atoms with E-state index in [0.29, 0.717) is 24.3 Å². The van der Waals surface area contributed by atoms with Crippen LogP contribution in [0.1, 0.15) is 42.3 Å². The summed E-state index contributed by atoms with van der Waals surface area (Å²) in [4.78, 5) is 11.6. The summed E-state index contributed by atoms with van der Waals surface area (Å²) in [7, 11) is -3.68. The van der Waals surface area contributed by atoms with Crippen molar-refractivity contribution in [2.75, 3.05) is 13.1 Å². The molecule has 1 aromatic heterocycles. The number of fused-ring (bicyclic) bond motifs is 1. The Morgan fingerprint density at radius 1 is 1.22 bits per heavy atom. The van der Waals surface area contributed by atoms with E-state index >= 15 is 0 Å². The first-order chi connectivity index (χ1) is 12.8. The fourth-order valence-electron chi connectivity index (χ4n) is 4.52. The molecule has 0 amide bonds. The molecule has 1 saturated carbocycles. The Morgan fingerprint density at radius 3 is 2.59 bits per heavy atom. The SMILES string of the molecule is CC(=O)c1ccc(S(=O)(=O)N2C[C@@H]3CCC[C@](O)(c4ccco4)[C@@H]3C2)cc1. The maximum absolute atomic E-state index is 13.1. The summed E-state index contributed by atoms with van der Waals surface area (Å²) in [6.07, 6.45) is 3.84. The summed E-state index contributed by atoms with van der Waals surface area (Å²) in [6.45, 7) is 2.10. The molecule has 1 aliphatic heterocycles. The third-order valence-corrected chi connectivity index (χ3v) is 7.85. The lowest BCUT2D eigenvalue weighted by Gasteiger charge is -2.39. The summed E-state index contributed by atoms with van der Waals surface area (Å²) < 4.78 is 33.1. The van der Waals surface area contributed by atoms with Crippen LogP contribution in [0.2, 0.25) is 0 Å². The lowest BCUT2D eigenvalue weighted by molar-refractivity contribution is -0.0795. The first kappa shape index (κ1) is 18.4. The average molecular weight is 389 g/mol. The molecule has 1 aromatic carbocycles. The molecule has 3 atom stereocenters. The summed E-state index contributed by atoms with van der Waals surface area (Å²) in [5.74, 6) is 0.320. The Labute approximate surface area is 158 Å². The molecule has 0 radical (unpaired) electrons. The Balaban J connectivity index is 1.62. The lowest BCUT2D eigenvalue weighted by atomic mass is 9.69. The molecule has 2 heterocycles. The zero-order chi connectivity index (χ0) is 19.2. The Morgan fingerprint density at radius 2 is 1.96 bits per heavy atom. The number of rotatable bonds is 4. The van der Waals surface area contributed by atoms with Crippen molar-refractivity contribution in [1.82, 2.24) is 4.31 Å². The van der Waals surface area contributed by atoms with Gasteiger partial charge in [0, 0.05) is 24.6 Å². The lowest BCUT2D eigenvalue weighted by Crippen LogP contribution is -2.42. The summed E-state index contributed by atoms with van der Waals surface area (Å²) in [5.41, 5.74) is -0.647. The van der Waals surface area contributed by atoms with Crippen molar-refractivity contribution in [3.05, 3.63) is 54.0 Å². The maximum atomic E-state index is 13.1. The molecular weight excluding hydrogens is 366 g/mol. The van der Waals surface area contributed by atoms with Crippen molar-refractivity contribution in [3.8, 4) is 0 Å². The molecule has 27 heavy (non-hydrogen) atoms. The monoisotopic (exact) mass is 389 g/mol. The van der Waals surface area contributed by atoms with Crippen molar-refractivity contribution in [2.45, 2.75) is 36.7 Å². The molecule has 0 unspecified atom stereocenters. The highest BCUT2D eigenvalue weighted by Gasteiger charge is 2.53. The topological polar surface area (TPSA) is 87.8 Å². The first-order valence-electron chi connectivity index (χ1n) is 9.20. The number of carbonyl (C=O) groups is 1. The largest absolute Gasteiger partial charge is 0.466 e. The van der Waals surface area contributed by atoms with Gasteiger partial charge >= 0.3 is 0 Å². The van der Waals surface area contributed by atoms with Crippen LogP contribution >= 0.6 is 0 Å². The van der Waals surface area contributed by atoms with Gasteiger partial charge in [-0.2, -0.15) is 4.31 Å². The second-order valence-corrected chi connectivity index (χ2v) is 9.50. The number of hydrogen-bond acceptors (Lipinski definition) is 5.